The van der Waals surface area contributed by atoms with Gasteiger partial charge in [0.15, 0.2) is 0 Å². The van der Waals surface area contributed by atoms with Crippen molar-refractivity contribution in [1.29, 1.82) is 0 Å². The summed E-state index contributed by atoms with van der Waals surface area (Å²) in [5.74, 6) is 0.0654. The molecular formula is C27H26N2O5. The van der Waals surface area contributed by atoms with Crippen LogP contribution in [0.1, 0.15) is 29.3 Å². The minimum Gasteiger partial charge on any atom is -0.497 e. The van der Waals surface area contributed by atoms with Crippen LogP contribution < -0.4 is 14.4 Å². The average Bonchev–Trinajstić information content (AvgIpc) is 3.17. The maximum absolute atomic E-state index is 13.6. The molecule has 0 N–H and O–H groups in total. The molecule has 1 saturated heterocycles. The second kappa shape index (κ2) is 10.2. The second-order valence-corrected chi connectivity index (χ2v) is 7.86. The first-order valence-corrected chi connectivity index (χ1v) is 11.1. The lowest BCUT2D eigenvalue weighted by atomic mass is 10.1. The molecule has 7 heteroatoms. The lowest BCUT2D eigenvalue weighted by Crippen LogP contribution is -2.45. The smallest absolute Gasteiger partial charge is 0.257 e. The van der Waals surface area contributed by atoms with Gasteiger partial charge in [0.25, 0.3) is 11.8 Å². The topological polar surface area (TPSA) is 76.2 Å². The quantitative estimate of drug-likeness (QED) is 0.476. The van der Waals surface area contributed by atoms with Gasteiger partial charge in [0.1, 0.15) is 17.5 Å². The van der Waals surface area contributed by atoms with Crippen LogP contribution >= 0.6 is 0 Å². The molecule has 1 atom stereocenters. The number of anilines is 1. The fourth-order valence-corrected chi connectivity index (χ4v) is 4.01. The summed E-state index contributed by atoms with van der Waals surface area (Å²) in [6.07, 6.45) is -0.0887. The molecule has 1 heterocycles. The van der Waals surface area contributed by atoms with E-state index in [1.54, 1.807) is 48.5 Å². The first kappa shape index (κ1) is 23.0. The highest BCUT2D eigenvalue weighted by Gasteiger charge is 2.44. The Morgan fingerprint density at radius 3 is 2.38 bits per heavy atom. The Morgan fingerprint density at radius 2 is 1.71 bits per heavy atom. The van der Waals surface area contributed by atoms with Crippen LogP contribution in [0.15, 0.2) is 78.9 Å². The van der Waals surface area contributed by atoms with Crippen molar-refractivity contribution in [3.63, 3.8) is 0 Å². The van der Waals surface area contributed by atoms with Gasteiger partial charge in [-0.1, -0.05) is 36.4 Å². The monoisotopic (exact) mass is 458 g/mol. The minimum absolute atomic E-state index is 0.0887. The summed E-state index contributed by atoms with van der Waals surface area (Å²) in [4.78, 5) is 42.6. The molecule has 1 unspecified atom stereocenters. The van der Waals surface area contributed by atoms with Crippen molar-refractivity contribution in [2.24, 2.45) is 0 Å². The number of nitrogens with zero attached hydrogens (tertiary/aromatic N) is 2. The highest BCUT2D eigenvalue weighted by Crippen LogP contribution is 2.29. The van der Waals surface area contributed by atoms with Gasteiger partial charge in [-0.15, -0.1) is 0 Å². The molecule has 7 nitrogen and oxygen atoms in total. The summed E-state index contributed by atoms with van der Waals surface area (Å²) in [5, 5.41) is 0. The summed E-state index contributed by atoms with van der Waals surface area (Å²) in [6.45, 7) is 2.59. The van der Waals surface area contributed by atoms with Crippen LogP contribution in [0, 0.1) is 0 Å². The van der Waals surface area contributed by atoms with Crippen LogP contribution in [-0.2, 0) is 16.1 Å². The van der Waals surface area contributed by atoms with Gasteiger partial charge in [0.2, 0.25) is 5.91 Å². The summed E-state index contributed by atoms with van der Waals surface area (Å²) < 4.78 is 10.7. The van der Waals surface area contributed by atoms with Crippen molar-refractivity contribution < 1.29 is 23.9 Å². The maximum atomic E-state index is 13.6. The van der Waals surface area contributed by atoms with Crippen LogP contribution in [0.2, 0.25) is 0 Å². The third-order valence-electron chi connectivity index (χ3n) is 5.68. The summed E-state index contributed by atoms with van der Waals surface area (Å²) in [5.41, 5.74) is 1.70. The zero-order valence-corrected chi connectivity index (χ0v) is 19.1. The van der Waals surface area contributed by atoms with Crippen molar-refractivity contribution in [3.05, 3.63) is 90.0 Å². The molecule has 4 rings (SSSR count). The van der Waals surface area contributed by atoms with Crippen molar-refractivity contribution in [2.75, 3.05) is 18.6 Å². The van der Waals surface area contributed by atoms with Gasteiger partial charge in [-0.2, -0.15) is 0 Å². The van der Waals surface area contributed by atoms with Crippen LogP contribution in [0.25, 0.3) is 0 Å². The SMILES string of the molecule is CCOc1ccc(N2C(=O)CC(N(Cc3ccccc3)C(=O)c3cccc(OC)c3)C2=O)cc1. The molecule has 34 heavy (non-hydrogen) atoms. The fourth-order valence-electron chi connectivity index (χ4n) is 4.01. The van der Waals surface area contributed by atoms with E-state index in [4.69, 9.17) is 9.47 Å². The molecule has 0 aromatic heterocycles. The van der Waals surface area contributed by atoms with E-state index in [1.807, 2.05) is 37.3 Å². The normalized spacial score (nSPS) is 15.4. The number of carbonyl (C=O) groups is 3. The van der Waals surface area contributed by atoms with Gasteiger partial charge in [0.05, 0.1) is 25.8 Å². The lowest BCUT2D eigenvalue weighted by molar-refractivity contribution is -0.122. The molecule has 1 aliphatic rings. The number of benzene rings is 3. The predicted octanol–water partition coefficient (Wildman–Crippen LogP) is 4.07. The van der Waals surface area contributed by atoms with Crippen molar-refractivity contribution >= 4 is 23.4 Å². The Kier molecular flexibility index (Phi) is 6.92. The summed E-state index contributed by atoms with van der Waals surface area (Å²) in [6, 6.07) is 22.0. The molecule has 1 fully saturated rings. The van der Waals surface area contributed by atoms with Gasteiger partial charge in [-0.25, -0.2) is 4.90 Å². The average molecular weight is 459 g/mol. The maximum Gasteiger partial charge on any atom is 0.257 e. The highest BCUT2D eigenvalue weighted by molar-refractivity contribution is 6.23. The van der Waals surface area contributed by atoms with Gasteiger partial charge < -0.3 is 14.4 Å². The predicted molar refractivity (Wildman–Crippen MR) is 128 cm³/mol. The Balaban J connectivity index is 1.66. The van der Waals surface area contributed by atoms with Crippen molar-refractivity contribution in [1.82, 2.24) is 4.90 Å². The Labute approximate surface area is 198 Å². The number of hydrogen-bond acceptors (Lipinski definition) is 5. The van der Waals surface area contributed by atoms with E-state index in [2.05, 4.69) is 0 Å². The van der Waals surface area contributed by atoms with Crippen LogP contribution in [-0.4, -0.2) is 42.4 Å². The van der Waals surface area contributed by atoms with E-state index in [0.717, 1.165) is 10.5 Å². The van der Waals surface area contributed by atoms with Gasteiger partial charge in [-0.3, -0.25) is 14.4 Å². The molecule has 0 spiro atoms. The van der Waals surface area contributed by atoms with E-state index < -0.39 is 11.9 Å². The van der Waals surface area contributed by atoms with E-state index >= 15 is 0 Å². The molecule has 0 radical (unpaired) electrons. The third-order valence-corrected chi connectivity index (χ3v) is 5.68. The first-order chi connectivity index (χ1) is 16.5. The zero-order valence-electron chi connectivity index (χ0n) is 19.1. The Morgan fingerprint density at radius 1 is 0.971 bits per heavy atom. The van der Waals surface area contributed by atoms with Crippen LogP contribution in [0.4, 0.5) is 5.69 Å². The van der Waals surface area contributed by atoms with E-state index in [1.165, 1.54) is 12.0 Å². The summed E-state index contributed by atoms with van der Waals surface area (Å²) in [7, 11) is 1.53. The molecule has 0 aliphatic carbocycles. The third kappa shape index (κ3) is 4.78. The molecule has 3 aromatic rings. The van der Waals surface area contributed by atoms with E-state index in [9.17, 15) is 14.4 Å². The van der Waals surface area contributed by atoms with Gasteiger partial charge in [0, 0.05) is 12.1 Å². The molecule has 0 bridgehead atoms. The Bertz CT molecular complexity index is 1180. The van der Waals surface area contributed by atoms with Crippen molar-refractivity contribution in [3.8, 4) is 11.5 Å². The highest BCUT2D eigenvalue weighted by atomic mass is 16.5. The number of imide groups is 1. The fraction of sp³-hybridized carbons (Fsp3) is 0.222. The number of amides is 3. The second-order valence-electron chi connectivity index (χ2n) is 7.86. The number of carbonyl (C=O) groups excluding carboxylic acids is 3. The summed E-state index contributed by atoms with van der Waals surface area (Å²) >= 11 is 0. The standard InChI is InChI=1S/C27H26N2O5/c1-3-34-22-14-12-21(13-15-22)29-25(30)17-24(27(29)32)28(18-19-8-5-4-6-9-19)26(31)20-10-7-11-23(16-20)33-2/h4-16,24H,3,17-18H2,1-2H3. The van der Waals surface area contributed by atoms with Gasteiger partial charge >= 0.3 is 0 Å². The number of hydrogen-bond donors (Lipinski definition) is 0. The molecule has 174 valence electrons. The van der Waals surface area contributed by atoms with E-state index in [-0.39, 0.29) is 24.8 Å². The van der Waals surface area contributed by atoms with E-state index in [0.29, 0.717) is 29.4 Å². The largest absolute Gasteiger partial charge is 0.497 e. The molecule has 3 aromatic carbocycles. The van der Waals surface area contributed by atoms with Crippen molar-refractivity contribution in [2.45, 2.75) is 25.9 Å². The molecular weight excluding hydrogens is 432 g/mol. The minimum atomic E-state index is -0.919. The van der Waals surface area contributed by atoms with Crippen LogP contribution in [0.5, 0.6) is 11.5 Å². The molecule has 0 saturated carbocycles. The number of rotatable bonds is 8. The Hall–Kier alpha value is -4.13. The van der Waals surface area contributed by atoms with Gasteiger partial charge in [-0.05, 0) is 55.0 Å². The first-order valence-electron chi connectivity index (χ1n) is 11.1. The molecule has 3 amide bonds. The zero-order chi connectivity index (χ0) is 24.1. The lowest BCUT2D eigenvalue weighted by Gasteiger charge is -2.28. The van der Waals surface area contributed by atoms with Crippen LogP contribution in [0.3, 0.4) is 0 Å². The number of methoxy groups -OCH3 is 1. The number of ether oxygens (including phenoxy) is 2. The molecule has 1 aliphatic heterocycles.